The van der Waals surface area contributed by atoms with Crippen LogP contribution in [0.15, 0.2) is 17.0 Å². The molecule has 0 amide bonds. The lowest BCUT2D eigenvalue weighted by Crippen LogP contribution is -2.32. The molecule has 4 nitrogen and oxygen atoms in total. The smallest absolute Gasteiger partial charge is 0.241 e. The fraction of sp³-hybridized carbons (Fsp3) is 0.538. The number of benzene rings is 1. The van der Waals surface area contributed by atoms with E-state index in [-0.39, 0.29) is 12.4 Å². The highest BCUT2D eigenvalue weighted by molar-refractivity contribution is 7.89. The van der Waals surface area contributed by atoms with E-state index >= 15 is 0 Å². The van der Waals surface area contributed by atoms with Gasteiger partial charge in [-0.3, -0.25) is 0 Å². The maximum atomic E-state index is 12.2. The average Bonchev–Trinajstić information content (AvgIpc) is 2.22. The Hall–Kier alpha value is -0.620. The van der Waals surface area contributed by atoms with Crippen molar-refractivity contribution in [2.75, 3.05) is 19.6 Å². The molecule has 1 aromatic carbocycles. The summed E-state index contributed by atoms with van der Waals surface area (Å²) in [5.74, 6) is 0. The van der Waals surface area contributed by atoms with Crippen LogP contribution in [0.5, 0.6) is 0 Å². The topological polar surface area (TPSA) is 58.2 Å². The molecule has 0 atom stereocenters. The summed E-state index contributed by atoms with van der Waals surface area (Å²) >= 11 is 0. The van der Waals surface area contributed by atoms with Gasteiger partial charge in [-0.1, -0.05) is 24.6 Å². The quantitative estimate of drug-likeness (QED) is 0.790. The largest absolute Gasteiger partial charge is 0.316 e. The maximum Gasteiger partial charge on any atom is 0.241 e. The van der Waals surface area contributed by atoms with E-state index in [9.17, 15) is 8.42 Å². The van der Waals surface area contributed by atoms with E-state index < -0.39 is 10.0 Å². The second kappa shape index (κ2) is 7.85. The van der Waals surface area contributed by atoms with E-state index in [1.807, 2.05) is 39.8 Å². The molecule has 0 aromatic heterocycles. The highest BCUT2D eigenvalue weighted by atomic mass is 35.5. The number of halogens is 1. The first kappa shape index (κ1) is 18.4. The zero-order chi connectivity index (χ0) is 13.8. The molecule has 0 saturated carbocycles. The van der Waals surface area contributed by atoms with Gasteiger partial charge in [0.05, 0.1) is 4.90 Å². The van der Waals surface area contributed by atoms with Crippen LogP contribution in [0.25, 0.3) is 0 Å². The predicted octanol–water partition coefficient (Wildman–Crippen LogP) is 1.92. The first-order valence-electron chi connectivity index (χ1n) is 6.16. The molecule has 0 spiro atoms. The average molecular weight is 307 g/mol. The van der Waals surface area contributed by atoms with Crippen molar-refractivity contribution < 1.29 is 8.42 Å². The summed E-state index contributed by atoms with van der Waals surface area (Å²) in [6, 6.07) is 3.79. The number of aryl methyl sites for hydroxylation is 3. The van der Waals surface area contributed by atoms with Gasteiger partial charge in [-0.15, -0.1) is 12.4 Å². The Bertz CT molecular complexity index is 492. The van der Waals surface area contributed by atoms with Crippen LogP contribution in [0, 0.1) is 20.8 Å². The Kier molecular flexibility index (Phi) is 7.59. The molecule has 0 fully saturated rings. The second-order valence-corrected chi connectivity index (χ2v) is 6.18. The van der Waals surface area contributed by atoms with Crippen LogP contribution in [0.4, 0.5) is 0 Å². The Morgan fingerprint density at radius 2 is 1.58 bits per heavy atom. The van der Waals surface area contributed by atoms with Crippen molar-refractivity contribution >= 4 is 22.4 Å². The fourth-order valence-electron chi connectivity index (χ4n) is 2.11. The molecule has 0 aliphatic carbocycles. The van der Waals surface area contributed by atoms with Crippen LogP contribution < -0.4 is 10.0 Å². The third-order valence-corrected chi connectivity index (χ3v) is 4.48. The Morgan fingerprint density at radius 1 is 1.05 bits per heavy atom. The monoisotopic (exact) mass is 306 g/mol. The van der Waals surface area contributed by atoms with Crippen molar-refractivity contribution in [2.24, 2.45) is 0 Å². The SMILES string of the molecule is CCNCCNS(=O)(=O)c1c(C)cc(C)cc1C.Cl. The molecule has 1 aromatic rings. The molecule has 0 radical (unpaired) electrons. The number of hydrogen-bond acceptors (Lipinski definition) is 3. The van der Waals surface area contributed by atoms with Gasteiger partial charge in [0.1, 0.15) is 0 Å². The molecule has 6 heteroatoms. The molecule has 0 heterocycles. The lowest BCUT2D eigenvalue weighted by Gasteiger charge is -2.13. The van der Waals surface area contributed by atoms with Gasteiger partial charge in [-0.2, -0.15) is 0 Å². The van der Waals surface area contributed by atoms with Crippen LogP contribution >= 0.6 is 12.4 Å². The summed E-state index contributed by atoms with van der Waals surface area (Å²) in [7, 11) is -3.41. The third-order valence-electron chi connectivity index (χ3n) is 2.72. The highest BCUT2D eigenvalue weighted by Crippen LogP contribution is 2.21. The first-order valence-corrected chi connectivity index (χ1v) is 7.65. The van der Waals surface area contributed by atoms with Crippen LogP contribution in [0.1, 0.15) is 23.6 Å². The minimum atomic E-state index is -3.41. The number of hydrogen-bond donors (Lipinski definition) is 2. The number of sulfonamides is 1. The molecule has 0 bridgehead atoms. The van der Waals surface area contributed by atoms with Crippen molar-refractivity contribution in [2.45, 2.75) is 32.6 Å². The molecular formula is C13H23ClN2O2S. The number of likely N-dealkylation sites (N-methyl/N-ethyl adjacent to an activating group) is 1. The molecule has 2 N–H and O–H groups in total. The van der Waals surface area contributed by atoms with E-state index in [0.29, 0.717) is 18.0 Å². The number of nitrogens with one attached hydrogen (secondary N) is 2. The molecule has 0 aliphatic heterocycles. The fourth-order valence-corrected chi connectivity index (χ4v) is 3.59. The summed E-state index contributed by atoms with van der Waals surface area (Å²) in [4.78, 5) is 0.407. The van der Waals surface area contributed by atoms with Crippen molar-refractivity contribution in [1.82, 2.24) is 10.0 Å². The van der Waals surface area contributed by atoms with Gasteiger partial charge in [0.25, 0.3) is 0 Å². The molecule has 0 saturated heterocycles. The van der Waals surface area contributed by atoms with Crippen LogP contribution in [-0.2, 0) is 10.0 Å². The van der Waals surface area contributed by atoms with Gasteiger partial charge in [0, 0.05) is 13.1 Å². The normalized spacial score (nSPS) is 11.2. The van der Waals surface area contributed by atoms with Gasteiger partial charge < -0.3 is 5.32 Å². The summed E-state index contributed by atoms with van der Waals surface area (Å²) in [5.41, 5.74) is 2.67. The second-order valence-electron chi connectivity index (χ2n) is 4.48. The van der Waals surface area contributed by atoms with Crippen molar-refractivity contribution in [1.29, 1.82) is 0 Å². The molecule has 110 valence electrons. The highest BCUT2D eigenvalue weighted by Gasteiger charge is 2.18. The molecule has 19 heavy (non-hydrogen) atoms. The minimum absolute atomic E-state index is 0. The van der Waals surface area contributed by atoms with Gasteiger partial charge in [0.15, 0.2) is 0 Å². The van der Waals surface area contributed by atoms with Gasteiger partial charge >= 0.3 is 0 Å². The standard InChI is InChI=1S/C13H22N2O2S.ClH/c1-5-14-6-7-15-18(16,17)13-11(3)8-10(2)9-12(13)4;/h8-9,14-15H,5-7H2,1-4H3;1H. The van der Waals surface area contributed by atoms with E-state index in [2.05, 4.69) is 10.0 Å². The third kappa shape index (κ3) is 5.10. The van der Waals surface area contributed by atoms with Crippen LogP contribution in [0.3, 0.4) is 0 Å². The predicted molar refractivity (Wildman–Crippen MR) is 81.6 cm³/mol. The summed E-state index contributed by atoms with van der Waals surface area (Å²) in [6.07, 6.45) is 0. The zero-order valence-corrected chi connectivity index (χ0v) is 13.5. The molecular weight excluding hydrogens is 284 g/mol. The van der Waals surface area contributed by atoms with E-state index in [1.54, 1.807) is 0 Å². The lowest BCUT2D eigenvalue weighted by molar-refractivity contribution is 0.576. The first-order chi connectivity index (χ1) is 8.38. The van der Waals surface area contributed by atoms with Crippen molar-refractivity contribution in [3.05, 3.63) is 28.8 Å². The van der Waals surface area contributed by atoms with E-state index in [4.69, 9.17) is 0 Å². The Balaban J connectivity index is 0.00000324. The van der Waals surface area contributed by atoms with Crippen LogP contribution in [-0.4, -0.2) is 28.1 Å². The molecule has 0 aliphatic rings. The van der Waals surface area contributed by atoms with E-state index in [1.165, 1.54) is 0 Å². The maximum absolute atomic E-state index is 12.2. The van der Waals surface area contributed by atoms with Crippen LogP contribution in [0.2, 0.25) is 0 Å². The number of rotatable bonds is 6. The van der Waals surface area contributed by atoms with Gasteiger partial charge in [-0.25, -0.2) is 13.1 Å². The Labute approximate surface area is 122 Å². The zero-order valence-electron chi connectivity index (χ0n) is 11.9. The summed E-state index contributed by atoms with van der Waals surface area (Å²) in [5, 5.41) is 3.08. The molecule has 1 rings (SSSR count). The lowest BCUT2D eigenvalue weighted by atomic mass is 10.1. The molecule has 0 unspecified atom stereocenters. The summed E-state index contributed by atoms with van der Waals surface area (Å²) in [6.45, 7) is 9.50. The van der Waals surface area contributed by atoms with Crippen molar-refractivity contribution in [3.8, 4) is 0 Å². The van der Waals surface area contributed by atoms with Gasteiger partial charge in [0.2, 0.25) is 10.0 Å². The summed E-state index contributed by atoms with van der Waals surface area (Å²) < 4.78 is 27.0. The minimum Gasteiger partial charge on any atom is -0.316 e. The Morgan fingerprint density at radius 3 is 2.05 bits per heavy atom. The van der Waals surface area contributed by atoms with Crippen molar-refractivity contribution in [3.63, 3.8) is 0 Å². The van der Waals surface area contributed by atoms with E-state index in [0.717, 1.165) is 23.2 Å². The van der Waals surface area contributed by atoms with Gasteiger partial charge in [-0.05, 0) is 38.4 Å².